The third-order valence-electron chi connectivity index (χ3n) is 3.43. The Morgan fingerprint density at radius 2 is 2.39 bits per heavy atom. The van der Waals surface area contributed by atoms with Crippen molar-refractivity contribution in [3.63, 3.8) is 0 Å². The summed E-state index contributed by atoms with van der Waals surface area (Å²) in [5, 5.41) is 4.48. The molecule has 1 aromatic rings. The number of rotatable bonds is 8. The molecule has 102 valence electrons. The zero-order chi connectivity index (χ0) is 13.0. The quantitative estimate of drug-likeness (QED) is 0.732. The zero-order valence-corrected chi connectivity index (χ0v) is 12.3. The second-order valence-electron chi connectivity index (χ2n) is 5.13. The molecule has 2 atom stereocenters. The lowest BCUT2D eigenvalue weighted by Crippen LogP contribution is -2.20. The Morgan fingerprint density at radius 1 is 1.61 bits per heavy atom. The summed E-state index contributed by atoms with van der Waals surface area (Å²) in [6, 6.07) is 0. The summed E-state index contributed by atoms with van der Waals surface area (Å²) in [7, 11) is 3.87. The van der Waals surface area contributed by atoms with Gasteiger partial charge in [-0.1, -0.05) is 6.92 Å². The molecule has 0 bridgehead atoms. The van der Waals surface area contributed by atoms with Crippen LogP contribution in [0.1, 0.15) is 18.2 Å². The molecule has 0 aliphatic heterocycles. The van der Waals surface area contributed by atoms with Gasteiger partial charge in [0.05, 0.1) is 6.61 Å². The largest absolute Gasteiger partial charge is 0.383 e. The molecule has 1 aliphatic carbocycles. The number of nitrogens with zero attached hydrogens (tertiary/aromatic N) is 2. The van der Waals surface area contributed by atoms with Crippen LogP contribution < -0.4 is 10.2 Å². The first kappa shape index (κ1) is 13.8. The van der Waals surface area contributed by atoms with Crippen molar-refractivity contribution >= 4 is 16.5 Å². The average molecular weight is 269 g/mol. The molecule has 2 rings (SSSR count). The third kappa shape index (κ3) is 3.93. The summed E-state index contributed by atoms with van der Waals surface area (Å²) in [5.41, 5.74) is 0. The van der Waals surface area contributed by atoms with Gasteiger partial charge in [-0.05, 0) is 18.3 Å². The van der Waals surface area contributed by atoms with Gasteiger partial charge in [-0.15, -0.1) is 11.3 Å². The minimum atomic E-state index is 0.755. The maximum atomic E-state index is 5.00. The van der Waals surface area contributed by atoms with E-state index in [9.17, 15) is 0 Å². The van der Waals surface area contributed by atoms with Gasteiger partial charge < -0.3 is 15.0 Å². The highest BCUT2D eigenvalue weighted by Crippen LogP contribution is 2.39. The molecule has 0 radical (unpaired) electrons. The summed E-state index contributed by atoms with van der Waals surface area (Å²) in [5.74, 6) is 1.78. The zero-order valence-electron chi connectivity index (χ0n) is 11.5. The number of ether oxygens (including phenoxy) is 1. The molecule has 4 nitrogen and oxygen atoms in total. The van der Waals surface area contributed by atoms with Gasteiger partial charge in [0.2, 0.25) is 0 Å². The average Bonchev–Trinajstić information content (AvgIpc) is 2.87. The van der Waals surface area contributed by atoms with Crippen LogP contribution in [-0.4, -0.2) is 38.8 Å². The third-order valence-corrected chi connectivity index (χ3v) is 4.55. The second kappa shape index (κ2) is 6.50. The molecular formula is C13H23N3OS. The van der Waals surface area contributed by atoms with Gasteiger partial charge in [0.25, 0.3) is 0 Å². The van der Waals surface area contributed by atoms with Crippen molar-refractivity contribution in [3.05, 3.63) is 11.1 Å². The maximum Gasteiger partial charge on any atom is 0.185 e. The molecular weight excluding hydrogens is 246 g/mol. The van der Waals surface area contributed by atoms with Crippen molar-refractivity contribution in [3.8, 4) is 0 Å². The Hall–Kier alpha value is -0.650. The van der Waals surface area contributed by atoms with Crippen LogP contribution in [0.15, 0.2) is 6.20 Å². The fourth-order valence-electron chi connectivity index (χ4n) is 2.02. The van der Waals surface area contributed by atoms with E-state index in [1.807, 2.05) is 6.20 Å². The molecule has 1 aliphatic rings. The molecule has 0 aromatic carbocycles. The predicted octanol–water partition coefficient (Wildman–Crippen LogP) is 1.97. The maximum absolute atomic E-state index is 5.00. The van der Waals surface area contributed by atoms with Crippen LogP contribution in [0, 0.1) is 11.8 Å². The monoisotopic (exact) mass is 269 g/mol. The van der Waals surface area contributed by atoms with Gasteiger partial charge in [0.1, 0.15) is 0 Å². The topological polar surface area (TPSA) is 37.4 Å². The number of methoxy groups -OCH3 is 1. The fraction of sp³-hybridized carbons (Fsp3) is 0.769. The molecule has 1 N–H and O–H groups in total. The van der Waals surface area contributed by atoms with Gasteiger partial charge in [0.15, 0.2) is 5.13 Å². The summed E-state index contributed by atoms with van der Waals surface area (Å²) < 4.78 is 5.00. The van der Waals surface area contributed by atoms with Crippen molar-refractivity contribution < 1.29 is 4.74 Å². The van der Waals surface area contributed by atoms with E-state index in [0.717, 1.165) is 43.2 Å². The lowest BCUT2D eigenvalue weighted by Gasteiger charge is -2.14. The lowest BCUT2D eigenvalue weighted by molar-refractivity contribution is 0.199. The first-order valence-electron chi connectivity index (χ1n) is 6.56. The summed E-state index contributed by atoms with van der Waals surface area (Å²) in [6.07, 6.45) is 3.35. The van der Waals surface area contributed by atoms with Crippen molar-refractivity contribution in [2.75, 3.05) is 38.8 Å². The molecule has 0 spiro atoms. The molecule has 1 fully saturated rings. The summed E-state index contributed by atoms with van der Waals surface area (Å²) >= 11 is 1.78. The van der Waals surface area contributed by atoms with E-state index >= 15 is 0 Å². The smallest absolute Gasteiger partial charge is 0.185 e. The molecule has 1 saturated carbocycles. The lowest BCUT2D eigenvalue weighted by atomic mass is 10.3. The number of nitrogens with one attached hydrogen (secondary N) is 1. The predicted molar refractivity (Wildman–Crippen MR) is 76.2 cm³/mol. The first-order chi connectivity index (χ1) is 8.70. The van der Waals surface area contributed by atoms with Crippen LogP contribution >= 0.6 is 11.3 Å². The van der Waals surface area contributed by atoms with Gasteiger partial charge in [0, 0.05) is 44.9 Å². The first-order valence-corrected chi connectivity index (χ1v) is 7.38. The Balaban J connectivity index is 1.74. The van der Waals surface area contributed by atoms with E-state index in [0.29, 0.717) is 0 Å². The van der Waals surface area contributed by atoms with Crippen LogP contribution in [0.5, 0.6) is 0 Å². The van der Waals surface area contributed by atoms with Crippen LogP contribution in [0.2, 0.25) is 0 Å². The van der Waals surface area contributed by atoms with E-state index in [1.54, 1.807) is 18.4 Å². The Labute approximate surface area is 113 Å². The minimum absolute atomic E-state index is 0.755. The normalized spacial score (nSPS) is 22.2. The van der Waals surface area contributed by atoms with Crippen molar-refractivity contribution in [1.82, 2.24) is 10.3 Å². The molecule has 1 aromatic heterocycles. The van der Waals surface area contributed by atoms with Gasteiger partial charge in [-0.3, -0.25) is 0 Å². The van der Waals surface area contributed by atoms with Gasteiger partial charge in [-0.2, -0.15) is 0 Å². The summed E-state index contributed by atoms with van der Waals surface area (Å²) in [6.45, 7) is 6.00. The molecule has 2 unspecified atom stereocenters. The Kier molecular flexibility index (Phi) is 4.97. The standard InChI is InChI=1S/C13H23N3OS/c1-10-6-11(10)9-16(2)13-15-8-12(18-13)7-14-4-5-17-3/h8,10-11,14H,4-7,9H2,1-3H3. The summed E-state index contributed by atoms with van der Waals surface area (Å²) in [4.78, 5) is 8.07. The molecule has 1 heterocycles. The highest BCUT2D eigenvalue weighted by molar-refractivity contribution is 7.15. The van der Waals surface area contributed by atoms with E-state index in [4.69, 9.17) is 4.74 Å². The van der Waals surface area contributed by atoms with E-state index in [1.165, 1.54) is 11.3 Å². The van der Waals surface area contributed by atoms with Crippen LogP contribution in [0.4, 0.5) is 5.13 Å². The fourth-order valence-corrected chi connectivity index (χ4v) is 2.87. The van der Waals surface area contributed by atoms with Crippen molar-refractivity contribution in [2.24, 2.45) is 11.8 Å². The second-order valence-corrected chi connectivity index (χ2v) is 6.23. The van der Waals surface area contributed by atoms with Gasteiger partial charge >= 0.3 is 0 Å². The Bertz CT molecular complexity index is 369. The van der Waals surface area contributed by atoms with Crippen molar-refractivity contribution in [1.29, 1.82) is 0 Å². The van der Waals surface area contributed by atoms with Gasteiger partial charge in [-0.25, -0.2) is 4.98 Å². The van der Waals surface area contributed by atoms with E-state index in [-0.39, 0.29) is 0 Å². The molecule has 0 saturated heterocycles. The Morgan fingerprint density at radius 3 is 3.06 bits per heavy atom. The minimum Gasteiger partial charge on any atom is -0.383 e. The number of hydrogen-bond acceptors (Lipinski definition) is 5. The number of hydrogen-bond donors (Lipinski definition) is 1. The van der Waals surface area contributed by atoms with E-state index in [2.05, 4.69) is 29.2 Å². The SMILES string of the molecule is COCCNCc1cnc(N(C)CC2CC2C)s1. The van der Waals surface area contributed by atoms with Crippen LogP contribution in [-0.2, 0) is 11.3 Å². The van der Waals surface area contributed by atoms with Crippen LogP contribution in [0.25, 0.3) is 0 Å². The number of aromatic nitrogens is 1. The van der Waals surface area contributed by atoms with Crippen molar-refractivity contribution in [2.45, 2.75) is 19.9 Å². The molecule has 18 heavy (non-hydrogen) atoms. The highest BCUT2D eigenvalue weighted by Gasteiger charge is 2.33. The van der Waals surface area contributed by atoms with E-state index < -0.39 is 0 Å². The highest BCUT2D eigenvalue weighted by atomic mass is 32.1. The molecule has 0 amide bonds. The number of thiazole rings is 1. The molecule has 5 heteroatoms. The number of anilines is 1. The van der Waals surface area contributed by atoms with Crippen LogP contribution in [0.3, 0.4) is 0 Å².